The van der Waals surface area contributed by atoms with Gasteiger partial charge in [-0.1, -0.05) is 23.2 Å². The summed E-state index contributed by atoms with van der Waals surface area (Å²) in [5, 5.41) is 0.624. The minimum atomic E-state index is -0.488. The summed E-state index contributed by atoms with van der Waals surface area (Å²) >= 11 is 11.5. The van der Waals surface area contributed by atoms with Crippen molar-refractivity contribution in [3.63, 3.8) is 0 Å². The molecule has 0 unspecified atom stereocenters. The average Bonchev–Trinajstić information content (AvgIpc) is 2.92. The average molecular weight is 298 g/mol. The Morgan fingerprint density at radius 1 is 1.00 bits per heavy atom. The molecule has 0 saturated carbocycles. The first-order valence-corrected chi connectivity index (χ1v) is 6.02. The highest BCUT2D eigenvalue weighted by Gasteiger charge is 2.10. The molecule has 1 aromatic heterocycles. The third kappa shape index (κ3) is 3.27. The summed E-state index contributed by atoms with van der Waals surface area (Å²) in [5.41, 5.74) is 5.18. The highest BCUT2D eigenvalue weighted by molar-refractivity contribution is 6.42. The van der Waals surface area contributed by atoms with Crippen LogP contribution in [0.5, 0.6) is 0 Å². The van der Waals surface area contributed by atoms with Gasteiger partial charge in [-0.2, -0.15) is 0 Å². The number of benzene rings is 1. The van der Waals surface area contributed by atoms with Gasteiger partial charge in [-0.05, 0) is 30.3 Å². The molecule has 0 fully saturated rings. The number of carbonyl (C=O) groups excluding carboxylic acids is 2. The molecule has 2 aromatic rings. The van der Waals surface area contributed by atoms with Crippen LogP contribution in [0.25, 0.3) is 0 Å². The predicted molar refractivity (Wildman–Crippen MR) is 72.2 cm³/mol. The van der Waals surface area contributed by atoms with E-state index in [1.165, 1.54) is 18.2 Å². The molecule has 0 aliphatic heterocycles. The largest absolute Gasteiger partial charge is 0.357 e. The highest BCUT2D eigenvalue weighted by Crippen LogP contribution is 2.22. The van der Waals surface area contributed by atoms with Crippen LogP contribution in [0.3, 0.4) is 0 Å². The number of rotatable bonds is 2. The van der Waals surface area contributed by atoms with Crippen LogP contribution >= 0.6 is 23.2 Å². The number of nitrogens with one attached hydrogen (secondary N) is 3. The molecule has 0 radical (unpaired) electrons. The van der Waals surface area contributed by atoms with Gasteiger partial charge >= 0.3 is 0 Å². The maximum absolute atomic E-state index is 11.7. The zero-order valence-corrected chi connectivity index (χ0v) is 11.0. The third-order valence-electron chi connectivity index (χ3n) is 2.31. The van der Waals surface area contributed by atoms with E-state index < -0.39 is 11.8 Å². The first-order chi connectivity index (χ1) is 9.08. The van der Waals surface area contributed by atoms with Crippen molar-refractivity contribution in [3.05, 3.63) is 57.8 Å². The third-order valence-corrected chi connectivity index (χ3v) is 3.05. The van der Waals surface area contributed by atoms with Gasteiger partial charge in [0.15, 0.2) is 0 Å². The number of hydrogen-bond donors (Lipinski definition) is 3. The molecular weight excluding hydrogens is 289 g/mol. The standard InChI is InChI=1S/C12H9Cl2N3O2/c13-8-4-3-7(6-9(8)14)11(18)16-17-12(19)10-2-1-5-15-10/h1-6,15H,(H,16,18)(H,17,19). The van der Waals surface area contributed by atoms with E-state index in [4.69, 9.17) is 23.2 Å². The van der Waals surface area contributed by atoms with Crippen LogP contribution in [0.4, 0.5) is 0 Å². The summed E-state index contributed by atoms with van der Waals surface area (Å²) in [7, 11) is 0. The van der Waals surface area contributed by atoms with E-state index in [1.54, 1.807) is 18.3 Å². The molecule has 0 spiro atoms. The van der Waals surface area contributed by atoms with Gasteiger partial charge in [-0.25, -0.2) is 0 Å². The van der Waals surface area contributed by atoms with Crippen LogP contribution in [0.15, 0.2) is 36.5 Å². The van der Waals surface area contributed by atoms with Gasteiger partial charge in [0, 0.05) is 11.8 Å². The minimum absolute atomic E-state index is 0.269. The van der Waals surface area contributed by atoms with Crippen molar-refractivity contribution in [3.8, 4) is 0 Å². The van der Waals surface area contributed by atoms with Crippen LogP contribution in [0.2, 0.25) is 10.0 Å². The van der Waals surface area contributed by atoms with E-state index in [0.29, 0.717) is 16.3 Å². The molecular formula is C12H9Cl2N3O2. The van der Waals surface area contributed by atoms with E-state index in [-0.39, 0.29) is 5.02 Å². The Hall–Kier alpha value is -1.98. The fourth-order valence-electron chi connectivity index (χ4n) is 1.36. The summed E-state index contributed by atoms with van der Waals surface area (Å²) in [6.07, 6.45) is 1.61. The van der Waals surface area contributed by atoms with Gasteiger partial charge < -0.3 is 4.98 Å². The van der Waals surface area contributed by atoms with Crippen molar-refractivity contribution in [2.24, 2.45) is 0 Å². The van der Waals surface area contributed by atoms with Crippen LogP contribution in [0.1, 0.15) is 20.8 Å². The molecule has 7 heteroatoms. The number of halogens is 2. The lowest BCUT2D eigenvalue weighted by molar-refractivity contribution is 0.0844. The van der Waals surface area contributed by atoms with Gasteiger partial charge in [0.05, 0.1) is 10.0 Å². The van der Waals surface area contributed by atoms with Crippen molar-refractivity contribution in [1.29, 1.82) is 0 Å². The molecule has 1 heterocycles. The smallest absolute Gasteiger partial charge is 0.286 e. The van der Waals surface area contributed by atoms with Gasteiger partial charge in [0.25, 0.3) is 11.8 Å². The SMILES string of the molecule is O=C(NNC(=O)c1ccc[nH]1)c1ccc(Cl)c(Cl)c1. The second kappa shape index (κ2) is 5.77. The number of hydrogen-bond acceptors (Lipinski definition) is 2. The predicted octanol–water partition coefficient (Wildman–Crippen LogP) is 2.40. The fourth-order valence-corrected chi connectivity index (χ4v) is 1.66. The van der Waals surface area contributed by atoms with E-state index in [1.807, 2.05) is 0 Å². The molecule has 0 saturated heterocycles. The second-order valence-electron chi connectivity index (χ2n) is 3.62. The van der Waals surface area contributed by atoms with Crippen molar-refractivity contribution >= 4 is 35.0 Å². The molecule has 0 bridgehead atoms. The number of amides is 2. The molecule has 2 rings (SSSR count). The Morgan fingerprint density at radius 3 is 2.37 bits per heavy atom. The lowest BCUT2D eigenvalue weighted by atomic mass is 10.2. The van der Waals surface area contributed by atoms with Crippen molar-refractivity contribution < 1.29 is 9.59 Å². The van der Waals surface area contributed by atoms with Crippen molar-refractivity contribution in [1.82, 2.24) is 15.8 Å². The summed E-state index contributed by atoms with van der Waals surface area (Å²) in [4.78, 5) is 26.0. The van der Waals surface area contributed by atoms with Crippen LogP contribution in [-0.2, 0) is 0 Å². The number of hydrazine groups is 1. The summed E-state index contributed by atoms with van der Waals surface area (Å²) in [6.45, 7) is 0. The Bertz CT molecular complexity index is 611. The maximum Gasteiger partial charge on any atom is 0.286 e. The van der Waals surface area contributed by atoms with E-state index in [2.05, 4.69) is 15.8 Å². The molecule has 98 valence electrons. The monoisotopic (exact) mass is 297 g/mol. The van der Waals surface area contributed by atoms with Gasteiger partial charge in [0.1, 0.15) is 5.69 Å². The van der Waals surface area contributed by atoms with Crippen molar-refractivity contribution in [2.45, 2.75) is 0 Å². The van der Waals surface area contributed by atoms with Crippen LogP contribution < -0.4 is 10.9 Å². The maximum atomic E-state index is 11.7. The first-order valence-electron chi connectivity index (χ1n) is 5.27. The summed E-state index contributed by atoms with van der Waals surface area (Å²) < 4.78 is 0. The summed E-state index contributed by atoms with van der Waals surface area (Å²) in [6, 6.07) is 7.69. The number of H-pyrrole nitrogens is 1. The lowest BCUT2D eigenvalue weighted by Gasteiger charge is -2.07. The molecule has 2 amide bonds. The Balaban J connectivity index is 1.98. The number of aromatic amines is 1. The highest BCUT2D eigenvalue weighted by atomic mass is 35.5. The number of carbonyl (C=O) groups is 2. The van der Waals surface area contributed by atoms with Gasteiger partial charge in [0.2, 0.25) is 0 Å². The fraction of sp³-hybridized carbons (Fsp3) is 0. The molecule has 19 heavy (non-hydrogen) atoms. The Morgan fingerprint density at radius 2 is 1.74 bits per heavy atom. The van der Waals surface area contributed by atoms with Crippen molar-refractivity contribution in [2.75, 3.05) is 0 Å². The van der Waals surface area contributed by atoms with Gasteiger partial charge in [-0.15, -0.1) is 0 Å². The number of aromatic nitrogens is 1. The molecule has 0 aliphatic rings. The topological polar surface area (TPSA) is 74.0 Å². The molecule has 1 aromatic carbocycles. The first kappa shape index (κ1) is 13.5. The molecule has 5 nitrogen and oxygen atoms in total. The molecule has 0 atom stereocenters. The zero-order chi connectivity index (χ0) is 13.8. The molecule has 0 aliphatic carbocycles. The van der Waals surface area contributed by atoms with E-state index >= 15 is 0 Å². The quantitative estimate of drug-likeness (QED) is 0.745. The van der Waals surface area contributed by atoms with E-state index in [9.17, 15) is 9.59 Å². The normalized spacial score (nSPS) is 10.0. The summed E-state index contributed by atoms with van der Waals surface area (Å²) in [5.74, 6) is -0.933. The second-order valence-corrected chi connectivity index (χ2v) is 4.44. The minimum Gasteiger partial charge on any atom is -0.357 e. The Labute approximate surface area is 118 Å². The molecule has 3 N–H and O–H groups in total. The zero-order valence-electron chi connectivity index (χ0n) is 9.54. The van der Waals surface area contributed by atoms with E-state index in [0.717, 1.165) is 0 Å². The lowest BCUT2D eigenvalue weighted by Crippen LogP contribution is -2.41. The van der Waals surface area contributed by atoms with Crippen LogP contribution in [0, 0.1) is 0 Å². The Kier molecular flexibility index (Phi) is 4.09. The van der Waals surface area contributed by atoms with Crippen LogP contribution in [-0.4, -0.2) is 16.8 Å². The van der Waals surface area contributed by atoms with Gasteiger partial charge in [-0.3, -0.25) is 20.4 Å².